The van der Waals surface area contributed by atoms with Gasteiger partial charge in [0.25, 0.3) is 0 Å². The number of hydrogen-bond acceptors (Lipinski definition) is 4. The minimum absolute atomic E-state index is 0.208. The third-order valence-corrected chi connectivity index (χ3v) is 3.68. The third kappa shape index (κ3) is 4.20. The van der Waals surface area contributed by atoms with E-state index < -0.39 is 0 Å². The van der Waals surface area contributed by atoms with Gasteiger partial charge in [0, 0.05) is 31.2 Å². The normalized spacial score (nSPS) is 22.6. The Balaban J connectivity index is 1.67. The second kappa shape index (κ2) is 7.24. The van der Waals surface area contributed by atoms with Crippen LogP contribution in [0.15, 0.2) is 24.5 Å². The molecule has 110 valence electrons. The van der Waals surface area contributed by atoms with E-state index in [4.69, 9.17) is 10.5 Å². The number of carbonyl (C=O) groups is 1. The lowest BCUT2D eigenvalue weighted by atomic mass is 9.98. The summed E-state index contributed by atoms with van der Waals surface area (Å²) in [6.45, 7) is 3.40. The first-order valence-corrected chi connectivity index (χ1v) is 7.24. The highest BCUT2D eigenvalue weighted by Crippen LogP contribution is 2.17. The molecular weight excluding hydrogens is 254 g/mol. The van der Waals surface area contributed by atoms with E-state index in [0.29, 0.717) is 13.0 Å². The van der Waals surface area contributed by atoms with Gasteiger partial charge < -0.3 is 15.4 Å². The highest BCUT2D eigenvalue weighted by Gasteiger charge is 2.26. The number of nitrogens with two attached hydrogens (primary N) is 1. The van der Waals surface area contributed by atoms with Gasteiger partial charge in [0.1, 0.15) is 5.75 Å². The van der Waals surface area contributed by atoms with Gasteiger partial charge in [0.2, 0.25) is 5.91 Å². The van der Waals surface area contributed by atoms with Crippen molar-refractivity contribution in [3.63, 3.8) is 0 Å². The summed E-state index contributed by atoms with van der Waals surface area (Å²) in [4.78, 5) is 18.1. The van der Waals surface area contributed by atoms with Crippen LogP contribution < -0.4 is 10.5 Å². The van der Waals surface area contributed by atoms with Crippen LogP contribution >= 0.6 is 0 Å². The predicted molar refractivity (Wildman–Crippen MR) is 77.4 cm³/mol. The SMILES string of the molecule is C[C@@H]1C[C@H](N)CCN1C(=O)CCCOc1cccnc1. The van der Waals surface area contributed by atoms with Crippen LogP contribution in [0.25, 0.3) is 0 Å². The lowest BCUT2D eigenvalue weighted by Crippen LogP contribution is -2.48. The van der Waals surface area contributed by atoms with E-state index in [9.17, 15) is 4.79 Å². The Bertz CT molecular complexity index is 424. The molecule has 0 radical (unpaired) electrons. The van der Waals surface area contributed by atoms with Crippen LogP contribution in [-0.4, -0.2) is 41.0 Å². The molecule has 0 aliphatic carbocycles. The largest absolute Gasteiger partial charge is 0.492 e. The molecule has 1 saturated heterocycles. The average molecular weight is 277 g/mol. The third-order valence-electron chi connectivity index (χ3n) is 3.68. The van der Waals surface area contributed by atoms with Crippen molar-refractivity contribution in [1.29, 1.82) is 0 Å². The minimum atomic E-state index is 0.208. The number of hydrogen-bond donors (Lipinski definition) is 1. The number of rotatable bonds is 5. The van der Waals surface area contributed by atoms with E-state index in [1.165, 1.54) is 0 Å². The van der Waals surface area contributed by atoms with Crippen LogP contribution in [0.5, 0.6) is 5.75 Å². The number of piperidine rings is 1. The van der Waals surface area contributed by atoms with Crippen LogP contribution in [0.4, 0.5) is 0 Å². The zero-order valence-electron chi connectivity index (χ0n) is 12.0. The van der Waals surface area contributed by atoms with E-state index in [-0.39, 0.29) is 18.0 Å². The van der Waals surface area contributed by atoms with Crippen molar-refractivity contribution < 1.29 is 9.53 Å². The van der Waals surface area contributed by atoms with Crippen LogP contribution in [0.1, 0.15) is 32.6 Å². The van der Waals surface area contributed by atoms with Crippen molar-refractivity contribution in [3.05, 3.63) is 24.5 Å². The summed E-state index contributed by atoms with van der Waals surface area (Å²) >= 11 is 0. The number of pyridine rings is 1. The molecule has 1 amide bonds. The fraction of sp³-hybridized carbons (Fsp3) is 0.600. The first-order chi connectivity index (χ1) is 9.66. The van der Waals surface area contributed by atoms with Crippen molar-refractivity contribution in [2.45, 2.75) is 44.7 Å². The first-order valence-electron chi connectivity index (χ1n) is 7.24. The van der Waals surface area contributed by atoms with Crippen LogP contribution in [-0.2, 0) is 4.79 Å². The van der Waals surface area contributed by atoms with E-state index in [2.05, 4.69) is 11.9 Å². The Morgan fingerprint density at radius 1 is 1.60 bits per heavy atom. The monoisotopic (exact) mass is 277 g/mol. The fourth-order valence-electron chi connectivity index (χ4n) is 2.57. The molecule has 20 heavy (non-hydrogen) atoms. The second-order valence-corrected chi connectivity index (χ2v) is 5.36. The van der Waals surface area contributed by atoms with Crippen molar-refractivity contribution >= 4 is 5.91 Å². The molecule has 0 spiro atoms. The Morgan fingerprint density at radius 3 is 3.15 bits per heavy atom. The van der Waals surface area contributed by atoms with Crippen LogP contribution in [0, 0.1) is 0 Å². The quantitative estimate of drug-likeness (QED) is 0.830. The lowest BCUT2D eigenvalue weighted by Gasteiger charge is -2.36. The summed E-state index contributed by atoms with van der Waals surface area (Å²) in [7, 11) is 0. The number of ether oxygens (including phenoxy) is 1. The first kappa shape index (κ1) is 14.8. The van der Waals surface area contributed by atoms with Gasteiger partial charge in [-0.05, 0) is 38.3 Å². The van der Waals surface area contributed by atoms with Gasteiger partial charge in [0.05, 0.1) is 12.8 Å². The fourth-order valence-corrected chi connectivity index (χ4v) is 2.57. The van der Waals surface area contributed by atoms with Crippen LogP contribution in [0.2, 0.25) is 0 Å². The van der Waals surface area contributed by atoms with E-state index in [0.717, 1.165) is 31.6 Å². The molecule has 2 N–H and O–H groups in total. The van der Waals surface area contributed by atoms with Crippen molar-refractivity contribution in [3.8, 4) is 5.75 Å². The maximum absolute atomic E-state index is 12.1. The van der Waals surface area contributed by atoms with Crippen LogP contribution in [0.3, 0.4) is 0 Å². The Labute approximate surface area is 120 Å². The standard InChI is InChI=1S/C15H23N3O2/c1-12-10-13(16)6-8-18(12)15(19)5-3-9-20-14-4-2-7-17-11-14/h2,4,7,11-13H,3,5-6,8-10,16H2,1H3/t12-,13-/m1/s1. The Hall–Kier alpha value is -1.62. The molecule has 0 saturated carbocycles. The Kier molecular flexibility index (Phi) is 5.35. The van der Waals surface area contributed by atoms with Crippen molar-refractivity contribution in [1.82, 2.24) is 9.88 Å². The molecule has 1 aromatic rings. The molecule has 2 rings (SSSR count). The molecule has 1 aliphatic rings. The summed E-state index contributed by atoms with van der Waals surface area (Å²) in [5.74, 6) is 0.955. The van der Waals surface area contributed by atoms with Gasteiger partial charge in [-0.2, -0.15) is 0 Å². The molecule has 0 bridgehead atoms. The van der Waals surface area contributed by atoms with Crippen molar-refractivity contribution in [2.75, 3.05) is 13.2 Å². The minimum Gasteiger partial charge on any atom is -0.492 e. The molecule has 0 aromatic carbocycles. The maximum Gasteiger partial charge on any atom is 0.222 e. The zero-order chi connectivity index (χ0) is 14.4. The Morgan fingerprint density at radius 2 is 2.45 bits per heavy atom. The molecule has 1 fully saturated rings. The van der Waals surface area contributed by atoms with E-state index in [1.807, 2.05) is 17.0 Å². The number of carbonyl (C=O) groups excluding carboxylic acids is 1. The smallest absolute Gasteiger partial charge is 0.222 e. The average Bonchev–Trinajstić information content (AvgIpc) is 2.44. The summed E-state index contributed by atoms with van der Waals surface area (Å²) in [6.07, 6.45) is 6.44. The summed E-state index contributed by atoms with van der Waals surface area (Å²) in [5, 5.41) is 0. The second-order valence-electron chi connectivity index (χ2n) is 5.36. The van der Waals surface area contributed by atoms with E-state index >= 15 is 0 Å². The lowest BCUT2D eigenvalue weighted by molar-refractivity contribution is -0.134. The number of nitrogens with zero attached hydrogens (tertiary/aromatic N) is 2. The van der Waals surface area contributed by atoms with Gasteiger partial charge in [-0.1, -0.05) is 0 Å². The predicted octanol–water partition coefficient (Wildman–Crippen LogP) is 1.58. The number of likely N-dealkylation sites (tertiary alicyclic amines) is 1. The molecule has 2 atom stereocenters. The molecule has 1 aromatic heterocycles. The van der Waals surface area contributed by atoms with Gasteiger partial charge in [-0.25, -0.2) is 0 Å². The molecule has 2 heterocycles. The number of aromatic nitrogens is 1. The summed E-state index contributed by atoms with van der Waals surface area (Å²) in [5.41, 5.74) is 5.91. The summed E-state index contributed by atoms with van der Waals surface area (Å²) < 4.78 is 5.53. The zero-order valence-corrected chi connectivity index (χ0v) is 12.0. The topological polar surface area (TPSA) is 68.5 Å². The van der Waals surface area contributed by atoms with Gasteiger partial charge in [-0.3, -0.25) is 9.78 Å². The summed E-state index contributed by atoms with van der Waals surface area (Å²) in [6, 6.07) is 4.19. The molecule has 5 nitrogen and oxygen atoms in total. The molecular formula is C15H23N3O2. The molecule has 1 aliphatic heterocycles. The van der Waals surface area contributed by atoms with E-state index in [1.54, 1.807) is 12.4 Å². The van der Waals surface area contributed by atoms with Crippen molar-refractivity contribution in [2.24, 2.45) is 5.73 Å². The van der Waals surface area contributed by atoms with Gasteiger partial charge in [-0.15, -0.1) is 0 Å². The highest BCUT2D eigenvalue weighted by atomic mass is 16.5. The number of amides is 1. The van der Waals surface area contributed by atoms with Gasteiger partial charge in [0.15, 0.2) is 0 Å². The molecule has 0 unspecified atom stereocenters. The maximum atomic E-state index is 12.1. The molecule has 5 heteroatoms. The highest BCUT2D eigenvalue weighted by molar-refractivity contribution is 5.76. The van der Waals surface area contributed by atoms with Gasteiger partial charge >= 0.3 is 0 Å².